The van der Waals surface area contributed by atoms with Crippen molar-refractivity contribution >= 4 is 34.4 Å². The first kappa shape index (κ1) is 22.6. The predicted molar refractivity (Wildman–Crippen MR) is 134 cm³/mol. The fraction of sp³-hybridized carbons (Fsp3) is 0.259. The maximum absolute atomic E-state index is 13.4. The number of nitrogens with one attached hydrogen (secondary N) is 1. The number of carbonyl (C=O) groups excluding carboxylic acids is 2. The number of rotatable bonds is 7. The van der Waals surface area contributed by atoms with E-state index < -0.39 is 11.9 Å². The van der Waals surface area contributed by atoms with Crippen LogP contribution in [0, 0.1) is 0 Å². The van der Waals surface area contributed by atoms with E-state index in [-0.39, 0.29) is 24.9 Å². The Hall–Kier alpha value is -3.16. The highest BCUT2D eigenvalue weighted by Gasteiger charge is 2.42. The topological polar surface area (TPSA) is 64.6 Å². The molecule has 34 heavy (non-hydrogen) atoms. The van der Waals surface area contributed by atoms with E-state index in [0.717, 1.165) is 28.4 Å². The Morgan fingerprint density at radius 3 is 2.41 bits per heavy atom. The Labute approximate surface area is 206 Å². The number of hydrogen-bond acceptors (Lipinski definition) is 7. The zero-order valence-electron chi connectivity index (χ0n) is 18.8. The lowest BCUT2D eigenvalue weighted by molar-refractivity contribution is -0.140. The van der Waals surface area contributed by atoms with Crippen molar-refractivity contribution in [2.75, 3.05) is 13.2 Å². The number of ketones is 1. The smallest absolute Gasteiger partial charge is 0.336 e. The molecule has 2 aliphatic rings. The van der Waals surface area contributed by atoms with Gasteiger partial charge >= 0.3 is 5.97 Å². The number of allylic oxidation sites excluding steroid dienone is 3. The molecular weight excluding hydrogens is 466 g/mol. The number of dihydropyridines is 1. The molecule has 0 unspecified atom stereocenters. The number of ether oxygens (including phenoxy) is 2. The van der Waals surface area contributed by atoms with Gasteiger partial charge in [0.1, 0.15) is 19.0 Å². The summed E-state index contributed by atoms with van der Waals surface area (Å²) in [6, 6.07) is 17.5. The second-order valence-electron chi connectivity index (χ2n) is 8.35. The van der Waals surface area contributed by atoms with Crippen LogP contribution < -0.4 is 10.1 Å². The summed E-state index contributed by atoms with van der Waals surface area (Å²) in [5.41, 5.74) is 2.87. The number of benzene rings is 1. The molecule has 3 aromatic rings. The van der Waals surface area contributed by atoms with Crippen LogP contribution in [0.1, 0.15) is 41.4 Å². The molecule has 0 fully saturated rings. The summed E-state index contributed by atoms with van der Waals surface area (Å²) < 4.78 is 11.3. The van der Waals surface area contributed by atoms with Gasteiger partial charge in [0.25, 0.3) is 0 Å². The average molecular weight is 492 g/mol. The Morgan fingerprint density at radius 1 is 0.971 bits per heavy atom. The van der Waals surface area contributed by atoms with E-state index in [1.807, 2.05) is 66.2 Å². The van der Waals surface area contributed by atoms with Crippen LogP contribution in [0.3, 0.4) is 0 Å². The zero-order chi connectivity index (χ0) is 23.5. The maximum atomic E-state index is 13.4. The standard InChI is InChI=1S/C27H25NO4S2/c1-17-24(27(30)32-12-11-31-19-7-3-2-4-8-19)26(23-10-6-14-34-23)25-20(28-17)15-18(16-21(25)29)22-9-5-13-33-22/h2-10,13-14,18,26,28H,11-12,15-16H2,1H3/t18-,26+/m0/s1. The van der Waals surface area contributed by atoms with Crippen molar-refractivity contribution in [1.82, 2.24) is 5.32 Å². The Bertz CT molecular complexity index is 1230. The summed E-state index contributed by atoms with van der Waals surface area (Å²) >= 11 is 3.24. The van der Waals surface area contributed by atoms with Crippen LogP contribution >= 0.6 is 22.7 Å². The van der Waals surface area contributed by atoms with E-state index in [0.29, 0.717) is 17.6 Å². The van der Waals surface area contributed by atoms with Gasteiger partial charge in [0.2, 0.25) is 0 Å². The first-order valence-electron chi connectivity index (χ1n) is 11.3. The first-order chi connectivity index (χ1) is 16.6. The van der Waals surface area contributed by atoms with Gasteiger partial charge in [0.05, 0.1) is 11.5 Å². The van der Waals surface area contributed by atoms with Crippen molar-refractivity contribution in [2.24, 2.45) is 0 Å². The molecular formula is C27H25NO4S2. The molecule has 1 N–H and O–H groups in total. The van der Waals surface area contributed by atoms with Gasteiger partial charge in [-0.1, -0.05) is 30.3 Å². The number of thiophene rings is 2. The molecule has 0 radical (unpaired) electrons. The third kappa shape index (κ3) is 4.58. The molecule has 1 aromatic carbocycles. The summed E-state index contributed by atoms with van der Waals surface area (Å²) in [5, 5.41) is 7.42. The van der Waals surface area contributed by atoms with Crippen molar-refractivity contribution in [3.63, 3.8) is 0 Å². The Morgan fingerprint density at radius 2 is 1.71 bits per heavy atom. The number of Topliss-reactive ketones (excluding diaryl/α,β-unsaturated/α-hetero) is 1. The Balaban J connectivity index is 1.36. The van der Waals surface area contributed by atoms with Crippen LogP contribution in [0.4, 0.5) is 0 Å². The molecule has 0 spiro atoms. The first-order valence-corrected chi connectivity index (χ1v) is 13.0. The van der Waals surface area contributed by atoms with Gasteiger partial charge in [0, 0.05) is 39.1 Å². The highest BCUT2D eigenvalue weighted by molar-refractivity contribution is 7.10. The van der Waals surface area contributed by atoms with E-state index >= 15 is 0 Å². The molecule has 0 saturated heterocycles. The monoisotopic (exact) mass is 491 g/mol. The quantitative estimate of drug-likeness (QED) is 0.335. The fourth-order valence-electron chi connectivity index (χ4n) is 4.66. The van der Waals surface area contributed by atoms with Crippen molar-refractivity contribution in [3.05, 3.63) is 97.7 Å². The van der Waals surface area contributed by atoms with Crippen molar-refractivity contribution in [1.29, 1.82) is 0 Å². The number of hydrogen-bond donors (Lipinski definition) is 1. The van der Waals surface area contributed by atoms with Crippen LogP contribution in [0.25, 0.3) is 0 Å². The van der Waals surface area contributed by atoms with Gasteiger partial charge in [-0.05, 0) is 48.4 Å². The van der Waals surface area contributed by atoms with Crippen LogP contribution in [-0.4, -0.2) is 25.0 Å². The summed E-state index contributed by atoms with van der Waals surface area (Å²) in [5.74, 6) is 0.165. The number of esters is 1. The molecule has 0 amide bonds. The van der Waals surface area contributed by atoms with E-state index in [9.17, 15) is 9.59 Å². The molecule has 1 aliphatic heterocycles. The van der Waals surface area contributed by atoms with Crippen LogP contribution in [0.5, 0.6) is 5.75 Å². The second-order valence-corrected chi connectivity index (χ2v) is 10.3. The SMILES string of the molecule is CC1=C(C(=O)OCCOc2ccccc2)[C@@H](c2cccs2)C2=C(C[C@H](c3cccs3)CC2=O)N1. The van der Waals surface area contributed by atoms with Gasteiger partial charge in [-0.2, -0.15) is 0 Å². The molecule has 2 aromatic heterocycles. The van der Waals surface area contributed by atoms with Crippen LogP contribution in [0.15, 0.2) is 87.9 Å². The highest BCUT2D eigenvalue weighted by Crippen LogP contribution is 2.47. The maximum Gasteiger partial charge on any atom is 0.336 e. The van der Waals surface area contributed by atoms with E-state index in [2.05, 4.69) is 11.4 Å². The molecule has 5 nitrogen and oxygen atoms in total. The molecule has 2 atom stereocenters. The largest absolute Gasteiger partial charge is 0.490 e. The minimum atomic E-state index is -0.417. The van der Waals surface area contributed by atoms with Gasteiger partial charge < -0.3 is 14.8 Å². The summed E-state index contributed by atoms with van der Waals surface area (Å²) in [7, 11) is 0. The van der Waals surface area contributed by atoms with Crippen molar-refractivity contribution in [2.45, 2.75) is 31.6 Å². The minimum absolute atomic E-state index is 0.0933. The van der Waals surface area contributed by atoms with E-state index in [4.69, 9.17) is 9.47 Å². The van der Waals surface area contributed by atoms with Gasteiger partial charge in [-0.3, -0.25) is 4.79 Å². The molecule has 0 saturated carbocycles. The molecule has 3 heterocycles. The zero-order valence-corrected chi connectivity index (χ0v) is 20.4. The van der Waals surface area contributed by atoms with E-state index in [1.54, 1.807) is 22.7 Å². The molecule has 1 aliphatic carbocycles. The highest BCUT2D eigenvalue weighted by atomic mass is 32.1. The molecule has 174 valence electrons. The lowest BCUT2D eigenvalue weighted by Crippen LogP contribution is -2.36. The summed E-state index contributed by atoms with van der Waals surface area (Å²) in [6.45, 7) is 2.27. The predicted octanol–water partition coefficient (Wildman–Crippen LogP) is 5.79. The molecule has 0 bridgehead atoms. The lowest BCUT2D eigenvalue weighted by Gasteiger charge is -2.35. The third-order valence-electron chi connectivity index (χ3n) is 6.15. The Kier molecular flexibility index (Phi) is 6.65. The summed E-state index contributed by atoms with van der Waals surface area (Å²) in [4.78, 5) is 28.9. The van der Waals surface area contributed by atoms with Crippen molar-refractivity contribution < 1.29 is 19.1 Å². The lowest BCUT2D eigenvalue weighted by atomic mass is 9.74. The third-order valence-corrected chi connectivity index (χ3v) is 8.12. The molecule has 5 rings (SSSR count). The number of carbonyl (C=O) groups is 2. The van der Waals surface area contributed by atoms with Gasteiger partial charge in [0.15, 0.2) is 5.78 Å². The van der Waals surface area contributed by atoms with Crippen LogP contribution in [0.2, 0.25) is 0 Å². The van der Waals surface area contributed by atoms with Crippen molar-refractivity contribution in [3.8, 4) is 5.75 Å². The minimum Gasteiger partial charge on any atom is -0.490 e. The second kappa shape index (κ2) is 9.99. The number of para-hydroxylation sites is 1. The average Bonchev–Trinajstić information content (AvgIpc) is 3.56. The summed E-state index contributed by atoms with van der Waals surface area (Å²) in [6.07, 6.45) is 1.21. The fourth-order valence-corrected chi connectivity index (χ4v) is 6.34. The van der Waals surface area contributed by atoms with Gasteiger partial charge in [-0.25, -0.2) is 4.79 Å². The van der Waals surface area contributed by atoms with E-state index in [1.165, 1.54) is 4.88 Å². The van der Waals surface area contributed by atoms with Gasteiger partial charge in [-0.15, -0.1) is 22.7 Å². The normalized spacial score (nSPS) is 20.1. The van der Waals surface area contributed by atoms with Crippen LogP contribution in [-0.2, 0) is 14.3 Å². The molecule has 7 heteroatoms.